The van der Waals surface area contributed by atoms with Crippen LogP contribution in [0.2, 0.25) is 5.02 Å². The van der Waals surface area contributed by atoms with Crippen molar-refractivity contribution in [2.45, 2.75) is 82.2 Å². The third-order valence-electron chi connectivity index (χ3n) is 10.3. The van der Waals surface area contributed by atoms with E-state index in [0.29, 0.717) is 12.3 Å². The van der Waals surface area contributed by atoms with E-state index < -0.39 is 149 Å². The van der Waals surface area contributed by atoms with E-state index in [1.165, 1.54) is 13.8 Å². The van der Waals surface area contributed by atoms with E-state index in [4.69, 9.17) is 11.6 Å². The van der Waals surface area contributed by atoms with Gasteiger partial charge in [-0.1, -0.05) is 23.6 Å². The first-order valence-electron chi connectivity index (χ1n) is 19.0. The van der Waals surface area contributed by atoms with Crippen LogP contribution in [0.5, 0.6) is 0 Å². The average Bonchev–Trinajstić information content (AvgIpc) is 3.80. The fraction of sp³-hybridized carbons (Fsp3) is 0.375. The highest BCUT2D eigenvalue weighted by molar-refractivity contribution is 7.93. The standard InChI is InChI=1S/C40H34ClF10N7O6S2/c1-20(59)58(66(5,63)64)36-31-28(41)9-8-26(33(31)57(55-36)19-39(46,47)48)25-7-6-24(10-12-37(2,3)65(4,61)62)52-32(25)29(16-21-14-22(42)17-23(43)15-21)53-30(60)18-56-35-27(11-13-38(35,44)45)34(54-56)40(49,50)51/h6-9,14-15,17,29H,11,13,16,18-19H2,1-5H3,(H,53,60). The number of carbonyl (C=O) groups excluding carboxylic acids is 2. The van der Waals surface area contributed by atoms with E-state index in [2.05, 4.69) is 32.3 Å². The zero-order chi connectivity index (χ0) is 49.3. The maximum Gasteiger partial charge on any atom is 0.435 e. The van der Waals surface area contributed by atoms with Crippen molar-refractivity contribution in [2.75, 3.05) is 16.8 Å². The fourth-order valence-electron chi connectivity index (χ4n) is 7.23. The van der Waals surface area contributed by atoms with Crippen LogP contribution in [-0.4, -0.2) is 76.6 Å². The van der Waals surface area contributed by atoms with Gasteiger partial charge in [0.15, 0.2) is 21.3 Å². The van der Waals surface area contributed by atoms with Crippen LogP contribution in [0.4, 0.5) is 49.7 Å². The maximum absolute atomic E-state index is 15.1. The van der Waals surface area contributed by atoms with Gasteiger partial charge in [0.25, 0.3) is 5.92 Å². The number of alkyl halides is 8. The lowest BCUT2D eigenvalue weighted by molar-refractivity contribution is -0.143. The minimum absolute atomic E-state index is 0.0978. The van der Waals surface area contributed by atoms with Gasteiger partial charge in [-0.15, -0.1) is 0 Å². The predicted molar refractivity (Wildman–Crippen MR) is 218 cm³/mol. The highest BCUT2D eigenvalue weighted by Gasteiger charge is 2.50. The summed E-state index contributed by atoms with van der Waals surface area (Å²) in [7, 11) is -8.50. The molecule has 66 heavy (non-hydrogen) atoms. The van der Waals surface area contributed by atoms with Crippen molar-refractivity contribution in [3.05, 3.63) is 93.0 Å². The number of nitrogens with one attached hydrogen (secondary N) is 1. The molecule has 1 atom stereocenters. The largest absolute Gasteiger partial charge is 0.435 e. The van der Waals surface area contributed by atoms with Crippen LogP contribution in [-0.2, 0) is 67.5 Å². The SMILES string of the molecule is CC(=O)N(c1nn(CC(F)(F)F)c2c(-c3ccc(C#CC(C)(C)S(C)(=O)=O)nc3C(Cc3cc(F)cc(F)c3)NC(=O)Cn3nc(C(F)(F)F)c4c3C(F)(F)CC4)ccc(Cl)c12)S(C)(=O)=O. The predicted octanol–water partition coefficient (Wildman–Crippen LogP) is 7.43. The second-order valence-electron chi connectivity index (χ2n) is 15.8. The van der Waals surface area contributed by atoms with Crippen LogP contribution in [0.25, 0.3) is 22.0 Å². The van der Waals surface area contributed by atoms with E-state index >= 15 is 8.78 Å². The van der Waals surface area contributed by atoms with Gasteiger partial charge >= 0.3 is 12.4 Å². The van der Waals surface area contributed by atoms with Crippen molar-refractivity contribution < 1.29 is 70.3 Å². The Bertz CT molecular complexity index is 3080. The van der Waals surface area contributed by atoms with Crippen molar-refractivity contribution >= 4 is 60.0 Å². The first-order chi connectivity index (χ1) is 30.2. The number of halogens is 11. The number of amides is 2. The molecule has 1 N–H and O–H groups in total. The first kappa shape index (κ1) is 49.7. The number of sulfone groups is 1. The zero-order valence-corrected chi connectivity index (χ0v) is 37.2. The second kappa shape index (κ2) is 17.2. The molecule has 0 saturated heterocycles. The monoisotopic (exact) mass is 997 g/mol. The second-order valence-corrected chi connectivity index (χ2v) is 20.6. The molecule has 2 aromatic carbocycles. The number of hydrogen-bond donors (Lipinski definition) is 1. The Morgan fingerprint density at radius 1 is 0.939 bits per heavy atom. The van der Waals surface area contributed by atoms with Gasteiger partial charge in [0, 0.05) is 42.4 Å². The quantitative estimate of drug-likeness (QED) is 0.105. The lowest BCUT2D eigenvalue weighted by atomic mass is 9.93. The van der Waals surface area contributed by atoms with Gasteiger partial charge in [-0.25, -0.2) is 30.6 Å². The number of hydrogen-bond acceptors (Lipinski definition) is 9. The summed E-state index contributed by atoms with van der Waals surface area (Å²) < 4.78 is 194. The van der Waals surface area contributed by atoms with E-state index in [9.17, 15) is 61.5 Å². The summed E-state index contributed by atoms with van der Waals surface area (Å²) in [5.74, 6) is -4.47. The van der Waals surface area contributed by atoms with Gasteiger partial charge in [0.1, 0.15) is 40.9 Å². The van der Waals surface area contributed by atoms with Crippen LogP contribution in [0.1, 0.15) is 67.1 Å². The summed E-state index contributed by atoms with van der Waals surface area (Å²) in [6.07, 6.45) is -11.3. The summed E-state index contributed by atoms with van der Waals surface area (Å²) in [5, 5.41) is 8.60. The molecule has 3 heterocycles. The Morgan fingerprint density at radius 2 is 1.56 bits per heavy atom. The molecule has 6 rings (SSSR count). The topological polar surface area (TPSA) is 166 Å². The van der Waals surface area contributed by atoms with E-state index in [1.807, 2.05) is 0 Å². The van der Waals surface area contributed by atoms with E-state index in [0.717, 1.165) is 49.6 Å². The van der Waals surface area contributed by atoms with E-state index in [1.54, 1.807) is 0 Å². The van der Waals surface area contributed by atoms with Crippen molar-refractivity contribution in [3.63, 3.8) is 0 Å². The van der Waals surface area contributed by atoms with Gasteiger partial charge in [-0.05, 0) is 68.5 Å². The lowest BCUT2D eigenvalue weighted by Gasteiger charge is -2.23. The zero-order valence-electron chi connectivity index (χ0n) is 34.8. The number of sulfonamides is 1. The highest BCUT2D eigenvalue weighted by atomic mass is 35.5. The first-order valence-corrected chi connectivity index (χ1v) is 23.1. The molecule has 0 fully saturated rings. The number of pyridine rings is 1. The van der Waals surface area contributed by atoms with Gasteiger partial charge in [0.05, 0.1) is 33.9 Å². The molecule has 5 aromatic rings. The third-order valence-corrected chi connectivity index (χ3v) is 13.6. The third kappa shape index (κ3) is 10.3. The Labute approximate surface area is 374 Å². The molecule has 1 aliphatic carbocycles. The highest BCUT2D eigenvalue weighted by Crippen LogP contribution is 2.47. The number of fused-ring (bicyclic) bond motifs is 2. The normalized spacial score (nSPS) is 14.7. The molecule has 354 valence electrons. The smallest absolute Gasteiger partial charge is 0.346 e. The molecule has 0 spiro atoms. The summed E-state index contributed by atoms with van der Waals surface area (Å²) in [6.45, 7) is 0.0396. The molecule has 26 heteroatoms. The fourth-order valence-corrected chi connectivity index (χ4v) is 8.62. The van der Waals surface area contributed by atoms with Gasteiger partial charge in [0.2, 0.25) is 21.8 Å². The molecule has 1 unspecified atom stereocenters. The van der Waals surface area contributed by atoms with Crippen LogP contribution >= 0.6 is 11.6 Å². The molecule has 1 aliphatic rings. The average molecular weight is 998 g/mol. The molecule has 0 radical (unpaired) electrons. The Hall–Kier alpha value is -5.74. The number of aromatic nitrogens is 5. The number of benzene rings is 2. The Kier molecular flexibility index (Phi) is 12.9. The molecule has 0 aliphatic heterocycles. The van der Waals surface area contributed by atoms with Crippen LogP contribution < -0.4 is 9.62 Å². The molecular formula is C40H34ClF10N7O6S2. The summed E-state index contributed by atoms with van der Waals surface area (Å²) >= 11 is 6.52. The number of nitrogens with zero attached hydrogens (tertiary/aromatic N) is 6. The van der Waals surface area contributed by atoms with Crippen LogP contribution in [0.3, 0.4) is 0 Å². The Balaban J connectivity index is 1.65. The summed E-state index contributed by atoms with van der Waals surface area (Å²) in [4.78, 5) is 31.2. The molecule has 0 bridgehead atoms. The molecule has 0 saturated carbocycles. The molecule has 3 aromatic heterocycles. The van der Waals surface area contributed by atoms with E-state index in [-0.39, 0.29) is 36.1 Å². The molecule has 2 amide bonds. The minimum atomic E-state index is -5.21. The number of rotatable bonds is 11. The van der Waals surface area contributed by atoms with Gasteiger partial charge < -0.3 is 5.32 Å². The number of carbonyl (C=O) groups is 2. The van der Waals surface area contributed by atoms with Crippen molar-refractivity contribution in [3.8, 4) is 23.0 Å². The van der Waals surface area contributed by atoms with Crippen LogP contribution in [0, 0.1) is 23.5 Å². The maximum atomic E-state index is 15.1. The minimum Gasteiger partial charge on any atom is -0.346 e. The molecular weight excluding hydrogens is 964 g/mol. The van der Waals surface area contributed by atoms with Gasteiger partial charge in [-0.3, -0.25) is 19.0 Å². The van der Waals surface area contributed by atoms with Crippen molar-refractivity contribution in [1.82, 2.24) is 29.9 Å². The number of anilines is 1. The lowest BCUT2D eigenvalue weighted by Crippen LogP contribution is -2.35. The summed E-state index contributed by atoms with van der Waals surface area (Å²) in [5.41, 5.74) is -5.85. The van der Waals surface area contributed by atoms with Crippen molar-refractivity contribution in [1.29, 1.82) is 0 Å². The van der Waals surface area contributed by atoms with Crippen molar-refractivity contribution in [2.24, 2.45) is 0 Å². The molecule has 13 nitrogen and oxygen atoms in total. The summed E-state index contributed by atoms with van der Waals surface area (Å²) in [6, 6.07) is 4.86. The Morgan fingerprint density at radius 3 is 2.12 bits per heavy atom. The van der Waals surface area contributed by atoms with Crippen LogP contribution in [0.15, 0.2) is 42.5 Å². The van der Waals surface area contributed by atoms with Gasteiger partial charge in [-0.2, -0.15) is 49.6 Å².